The van der Waals surface area contributed by atoms with Gasteiger partial charge in [-0.05, 0) is 58.4 Å². The molecule has 3 nitrogen and oxygen atoms in total. The summed E-state index contributed by atoms with van der Waals surface area (Å²) in [5, 5.41) is 0.566. The van der Waals surface area contributed by atoms with E-state index in [2.05, 4.69) is 15.9 Å². The van der Waals surface area contributed by atoms with Gasteiger partial charge in [-0.3, -0.25) is 9.59 Å². The molecule has 0 aliphatic carbocycles. The number of hydrogen-bond acceptors (Lipinski definition) is 2. The highest BCUT2D eigenvalue weighted by Crippen LogP contribution is 2.24. The van der Waals surface area contributed by atoms with Gasteiger partial charge in [-0.25, -0.2) is 0 Å². The molecule has 0 atom stereocenters. The van der Waals surface area contributed by atoms with Crippen molar-refractivity contribution in [1.82, 2.24) is 0 Å². The summed E-state index contributed by atoms with van der Waals surface area (Å²) in [6.07, 6.45) is 0.715. The monoisotopic (exact) mass is 351 g/mol. The van der Waals surface area contributed by atoms with Crippen molar-refractivity contribution in [3.8, 4) is 0 Å². The van der Waals surface area contributed by atoms with Crippen LogP contribution >= 0.6 is 27.5 Å². The number of carbonyl (C=O) groups is 2. The molecule has 2 rings (SSSR count). The molecule has 102 valence electrons. The van der Waals surface area contributed by atoms with Gasteiger partial charge in [0, 0.05) is 33.4 Å². The molecule has 0 saturated heterocycles. The Labute approximate surface area is 130 Å². The zero-order chi connectivity index (χ0) is 14.7. The van der Waals surface area contributed by atoms with Crippen molar-refractivity contribution in [1.29, 1.82) is 0 Å². The van der Waals surface area contributed by atoms with Crippen LogP contribution < -0.4 is 4.90 Å². The molecule has 0 spiro atoms. The summed E-state index contributed by atoms with van der Waals surface area (Å²) in [5.74, 6) is -0.103. The number of hydrogen-bond donors (Lipinski definition) is 0. The lowest BCUT2D eigenvalue weighted by molar-refractivity contribution is -0.107. The predicted octanol–water partition coefficient (Wildman–Crippen LogP) is 3.93. The maximum atomic E-state index is 12.4. The van der Waals surface area contributed by atoms with Crippen molar-refractivity contribution in [2.24, 2.45) is 0 Å². The molecule has 0 aliphatic rings. The predicted molar refractivity (Wildman–Crippen MR) is 83.5 cm³/mol. The largest absolute Gasteiger partial charge is 0.318 e. The molecule has 0 bridgehead atoms. The van der Waals surface area contributed by atoms with Crippen LogP contribution in [0.2, 0.25) is 5.02 Å². The van der Waals surface area contributed by atoms with Crippen LogP contribution in [0.15, 0.2) is 46.9 Å². The fraction of sp³-hybridized carbons (Fsp3) is 0.0667. The van der Waals surface area contributed by atoms with Crippen molar-refractivity contribution in [3.05, 3.63) is 63.1 Å². The maximum absolute atomic E-state index is 12.4. The average Bonchev–Trinajstić information content (AvgIpc) is 2.46. The Morgan fingerprint density at radius 3 is 2.40 bits per heavy atom. The van der Waals surface area contributed by atoms with Gasteiger partial charge in [0.15, 0.2) is 5.78 Å². The zero-order valence-corrected chi connectivity index (χ0v) is 13.0. The van der Waals surface area contributed by atoms with Gasteiger partial charge >= 0.3 is 0 Å². The molecule has 20 heavy (non-hydrogen) atoms. The first-order chi connectivity index (χ1) is 9.52. The second-order valence-electron chi connectivity index (χ2n) is 4.22. The van der Waals surface area contributed by atoms with Crippen molar-refractivity contribution in [3.63, 3.8) is 0 Å². The fourth-order valence-electron chi connectivity index (χ4n) is 1.74. The maximum Gasteiger partial charge on any atom is 0.213 e. The van der Waals surface area contributed by atoms with Gasteiger partial charge < -0.3 is 4.90 Å². The molecule has 1 amide bonds. The summed E-state index contributed by atoms with van der Waals surface area (Å²) in [6, 6.07) is 11.9. The summed E-state index contributed by atoms with van der Waals surface area (Å²) < 4.78 is 0.657. The lowest BCUT2D eigenvalue weighted by atomic mass is 10.0. The summed E-state index contributed by atoms with van der Waals surface area (Å²) in [6.45, 7) is 0. The molecule has 5 heteroatoms. The van der Waals surface area contributed by atoms with Gasteiger partial charge in [-0.2, -0.15) is 0 Å². The first kappa shape index (κ1) is 14.8. The molecule has 0 fully saturated rings. The van der Waals surface area contributed by atoms with E-state index in [0.717, 1.165) is 5.69 Å². The second-order valence-corrected chi connectivity index (χ2v) is 5.51. The number of amides is 1. The minimum absolute atomic E-state index is 0.103. The summed E-state index contributed by atoms with van der Waals surface area (Å²) in [5.41, 5.74) is 1.83. The van der Waals surface area contributed by atoms with E-state index in [4.69, 9.17) is 11.6 Å². The number of anilines is 1. The number of halogens is 2. The number of benzene rings is 2. The van der Waals surface area contributed by atoms with Crippen LogP contribution in [0.1, 0.15) is 15.9 Å². The third-order valence-corrected chi connectivity index (χ3v) is 3.76. The van der Waals surface area contributed by atoms with E-state index in [1.807, 2.05) is 0 Å². The smallest absolute Gasteiger partial charge is 0.213 e. The Balaban J connectivity index is 2.31. The molecule has 0 aliphatic heterocycles. The topological polar surface area (TPSA) is 37.4 Å². The quantitative estimate of drug-likeness (QED) is 0.617. The van der Waals surface area contributed by atoms with E-state index in [0.29, 0.717) is 27.0 Å². The molecule has 2 aromatic carbocycles. The Morgan fingerprint density at radius 2 is 1.85 bits per heavy atom. The van der Waals surface area contributed by atoms with Gasteiger partial charge in [-0.15, -0.1) is 0 Å². The number of rotatable bonds is 4. The van der Waals surface area contributed by atoms with Gasteiger partial charge in [0.2, 0.25) is 6.41 Å². The third-order valence-electron chi connectivity index (χ3n) is 2.87. The molecule has 2 aromatic rings. The Kier molecular flexibility index (Phi) is 4.57. The first-order valence-corrected chi connectivity index (χ1v) is 6.98. The van der Waals surface area contributed by atoms with Crippen LogP contribution in [0.3, 0.4) is 0 Å². The normalized spacial score (nSPS) is 10.2. The van der Waals surface area contributed by atoms with Crippen molar-refractivity contribution in [2.45, 2.75) is 0 Å². The number of nitrogens with zero attached hydrogens (tertiary/aromatic N) is 1. The summed E-state index contributed by atoms with van der Waals surface area (Å²) in [7, 11) is 1.65. The summed E-state index contributed by atoms with van der Waals surface area (Å²) in [4.78, 5) is 24.5. The van der Waals surface area contributed by atoms with Crippen LogP contribution in [0.25, 0.3) is 0 Å². The van der Waals surface area contributed by atoms with E-state index in [1.165, 1.54) is 4.90 Å². The molecular weight excluding hydrogens is 342 g/mol. The highest BCUT2D eigenvalue weighted by Gasteiger charge is 2.13. The van der Waals surface area contributed by atoms with Crippen molar-refractivity contribution < 1.29 is 9.59 Å². The van der Waals surface area contributed by atoms with Crippen LogP contribution in [0.4, 0.5) is 5.69 Å². The van der Waals surface area contributed by atoms with Crippen LogP contribution in [-0.4, -0.2) is 19.2 Å². The highest BCUT2D eigenvalue weighted by atomic mass is 79.9. The van der Waals surface area contributed by atoms with Crippen molar-refractivity contribution in [2.75, 3.05) is 11.9 Å². The average molecular weight is 353 g/mol. The van der Waals surface area contributed by atoms with E-state index >= 15 is 0 Å². The lowest BCUT2D eigenvalue weighted by Crippen LogP contribution is -2.13. The minimum atomic E-state index is -0.103. The Morgan fingerprint density at radius 1 is 1.20 bits per heavy atom. The SMILES string of the molecule is CN(C=O)c1ccc(C(=O)c2ccc(Cl)cc2Br)cc1. The third kappa shape index (κ3) is 3.08. The van der Waals surface area contributed by atoms with Crippen LogP contribution in [0.5, 0.6) is 0 Å². The van der Waals surface area contributed by atoms with Crippen LogP contribution in [-0.2, 0) is 4.79 Å². The van der Waals surface area contributed by atoms with Crippen LogP contribution in [0, 0.1) is 0 Å². The first-order valence-electron chi connectivity index (χ1n) is 5.81. The van der Waals surface area contributed by atoms with E-state index in [1.54, 1.807) is 49.5 Å². The van der Waals surface area contributed by atoms with E-state index < -0.39 is 0 Å². The lowest BCUT2D eigenvalue weighted by Gasteiger charge is -2.11. The Bertz CT molecular complexity index is 655. The molecule has 0 N–H and O–H groups in total. The van der Waals surface area contributed by atoms with Crippen molar-refractivity contribution >= 4 is 45.4 Å². The molecule has 0 saturated carbocycles. The minimum Gasteiger partial charge on any atom is -0.318 e. The fourth-order valence-corrected chi connectivity index (χ4v) is 2.60. The molecule has 0 unspecified atom stereocenters. The molecule has 0 heterocycles. The van der Waals surface area contributed by atoms with Gasteiger partial charge in [-0.1, -0.05) is 11.6 Å². The molecule has 0 radical (unpaired) electrons. The number of carbonyl (C=O) groups excluding carboxylic acids is 2. The van der Waals surface area contributed by atoms with E-state index in [9.17, 15) is 9.59 Å². The molecule has 0 aromatic heterocycles. The molecular formula is C15H11BrClNO2. The van der Waals surface area contributed by atoms with E-state index in [-0.39, 0.29) is 5.78 Å². The highest BCUT2D eigenvalue weighted by molar-refractivity contribution is 9.10. The van der Waals surface area contributed by atoms with Gasteiger partial charge in [0.25, 0.3) is 0 Å². The van der Waals surface area contributed by atoms with Gasteiger partial charge in [0.05, 0.1) is 0 Å². The standard InChI is InChI=1S/C15H11BrClNO2/c1-18(9-19)12-5-2-10(3-6-12)15(20)13-7-4-11(17)8-14(13)16/h2-9H,1H3. The second kappa shape index (κ2) is 6.20. The summed E-state index contributed by atoms with van der Waals surface area (Å²) >= 11 is 9.19. The zero-order valence-electron chi connectivity index (χ0n) is 10.6. The van der Waals surface area contributed by atoms with Gasteiger partial charge in [0.1, 0.15) is 0 Å². The Hall–Kier alpha value is -1.65. The number of ketones is 1.